The number of carbonyl (C=O) groups is 3. The van der Waals surface area contributed by atoms with Gasteiger partial charge in [0.25, 0.3) is 11.8 Å². The number of aromatic nitrogens is 2. The van der Waals surface area contributed by atoms with E-state index >= 15 is 0 Å². The minimum atomic E-state index is -1.15. The van der Waals surface area contributed by atoms with E-state index in [0.717, 1.165) is 49.9 Å². The van der Waals surface area contributed by atoms with Crippen molar-refractivity contribution >= 4 is 17.8 Å². The number of fused-ring (bicyclic) bond motifs is 1. The summed E-state index contributed by atoms with van der Waals surface area (Å²) in [6.45, 7) is 9.67. The number of imidazole rings is 1. The average Bonchev–Trinajstić information content (AvgIpc) is 3.53. The molecule has 2 amide bonds. The fourth-order valence-corrected chi connectivity index (χ4v) is 6.35. The molecule has 2 aliphatic heterocycles. The number of hydrogen-bond donors (Lipinski definition) is 2. The Labute approximate surface area is 276 Å². The molecule has 5 rings (SSSR count). The molecule has 0 bridgehead atoms. The van der Waals surface area contributed by atoms with E-state index in [4.69, 9.17) is 9.72 Å². The number of aromatic carboxylic acids is 1. The van der Waals surface area contributed by atoms with Crippen molar-refractivity contribution in [1.29, 1.82) is 0 Å². The van der Waals surface area contributed by atoms with E-state index in [-0.39, 0.29) is 36.1 Å². The number of aliphatic hydroxyl groups is 1. The highest BCUT2D eigenvalue weighted by atomic mass is 16.5. The lowest BCUT2D eigenvalue weighted by molar-refractivity contribution is 0.0364. The summed E-state index contributed by atoms with van der Waals surface area (Å²) in [5.41, 5.74) is 2.96. The second-order valence-electron chi connectivity index (χ2n) is 12.4. The van der Waals surface area contributed by atoms with Crippen LogP contribution in [-0.4, -0.2) is 111 Å². The van der Waals surface area contributed by atoms with Crippen LogP contribution in [0.15, 0.2) is 48.7 Å². The number of nitrogens with zero attached hydrogens (tertiary/aromatic N) is 5. The van der Waals surface area contributed by atoms with Gasteiger partial charge in [0.15, 0.2) is 0 Å². The van der Waals surface area contributed by atoms with E-state index < -0.39 is 12.0 Å². The van der Waals surface area contributed by atoms with E-state index in [1.807, 2.05) is 33.7 Å². The van der Waals surface area contributed by atoms with Crippen LogP contribution in [0.4, 0.5) is 0 Å². The van der Waals surface area contributed by atoms with Crippen LogP contribution in [0, 0.1) is 0 Å². The molecule has 252 valence electrons. The Morgan fingerprint density at radius 2 is 1.68 bits per heavy atom. The number of unbranched alkanes of at least 4 members (excludes halogenated alkanes) is 2. The maximum Gasteiger partial charge on any atom is 0.335 e. The molecule has 2 aromatic carbocycles. The predicted octanol–water partition coefficient (Wildman–Crippen LogP) is 4.18. The van der Waals surface area contributed by atoms with Crippen molar-refractivity contribution in [3.8, 4) is 11.4 Å². The Kier molecular flexibility index (Phi) is 11.8. The summed E-state index contributed by atoms with van der Waals surface area (Å²) >= 11 is 0. The van der Waals surface area contributed by atoms with Gasteiger partial charge in [-0.2, -0.15) is 0 Å². The number of benzene rings is 2. The quantitative estimate of drug-likeness (QED) is 0.267. The lowest BCUT2D eigenvalue weighted by atomic mass is 9.92. The molecule has 2 aliphatic rings. The van der Waals surface area contributed by atoms with E-state index in [2.05, 4.69) is 18.7 Å². The molecule has 3 heterocycles. The molecule has 0 aliphatic carbocycles. The highest BCUT2D eigenvalue weighted by Gasteiger charge is 2.33. The Balaban J connectivity index is 1.57. The molecule has 11 heteroatoms. The van der Waals surface area contributed by atoms with E-state index in [1.54, 1.807) is 17.2 Å². The summed E-state index contributed by atoms with van der Waals surface area (Å²) in [5.74, 6) is -1.26. The third-order valence-corrected chi connectivity index (χ3v) is 9.17. The first-order chi connectivity index (χ1) is 22.8. The number of carbonyl (C=O) groups excluding carboxylic acids is 2. The van der Waals surface area contributed by atoms with Gasteiger partial charge in [-0.25, -0.2) is 9.78 Å². The molecule has 1 atom stereocenters. The van der Waals surface area contributed by atoms with Crippen LogP contribution in [0.1, 0.15) is 81.9 Å². The fourth-order valence-electron chi connectivity index (χ4n) is 6.35. The zero-order chi connectivity index (χ0) is 33.3. The minimum absolute atomic E-state index is 0.0249. The van der Waals surface area contributed by atoms with Crippen molar-refractivity contribution in [3.63, 3.8) is 0 Å². The minimum Gasteiger partial charge on any atom is -0.478 e. The zero-order valence-electron chi connectivity index (χ0n) is 27.6. The monoisotopic (exact) mass is 645 g/mol. The van der Waals surface area contributed by atoms with Gasteiger partial charge in [0, 0.05) is 57.6 Å². The number of carboxylic acids is 1. The van der Waals surface area contributed by atoms with Crippen LogP contribution < -0.4 is 0 Å². The molecule has 1 saturated heterocycles. The third-order valence-electron chi connectivity index (χ3n) is 9.17. The molecule has 0 spiro atoms. The first kappa shape index (κ1) is 34.3. The molecule has 0 radical (unpaired) electrons. The third kappa shape index (κ3) is 8.09. The molecular formula is C36H47N5O6. The number of amides is 2. The average molecular weight is 646 g/mol. The first-order valence-electron chi connectivity index (χ1n) is 16.9. The SMILES string of the molecule is CCCCN(CCCC)C(=O)c1cn(CCN2CCOCC2)c(-c2ccc(C(=O)O)cc2C(=O)N2Cc3ccccc3C[C@H]2CO)n1. The lowest BCUT2D eigenvalue weighted by Crippen LogP contribution is -2.46. The molecule has 47 heavy (non-hydrogen) atoms. The van der Waals surface area contributed by atoms with Gasteiger partial charge >= 0.3 is 5.97 Å². The van der Waals surface area contributed by atoms with Crippen LogP contribution in [0.3, 0.4) is 0 Å². The Morgan fingerprint density at radius 1 is 0.979 bits per heavy atom. The molecule has 3 aromatic rings. The van der Waals surface area contributed by atoms with Crippen molar-refractivity contribution in [1.82, 2.24) is 24.3 Å². The van der Waals surface area contributed by atoms with Crippen molar-refractivity contribution < 1.29 is 29.3 Å². The summed E-state index contributed by atoms with van der Waals surface area (Å²) in [6, 6.07) is 11.9. The number of rotatable bonds is 14. The molecule has 0 unspecified atom stereocenters. The van der Waals surface area contributed by atoms with Crippen LogP contribution in [-0.2, 0) is 24.2 Å². The standard InChI is InChI=1S/C36H47N5O6/c1-3-5-13-39(14-6-4-2)35(44)32-24-40(16-15-38-17-19-47-20-18-38)33(37-32)30-12-11-27(36(45)46)22-31(30)34(43)41-23-28-10-8-7-9-26(28)21-29(41)25-42/h7-12,22,24,29,42H,3-6,13-21,23,25H2,1-2H3,(H,45,46)/t29-/m0/s1. The summed E-state index contributed by atoms with van der Waals surface area (Å²) < 4.78 is 7.44. The van der Waals surface area contributed by atoms with Crippen LogP contribution in [0.25, 0.3) is 11.4 Å². The predicted molar refractivity (Wildman–Crippen MR) is 178 cm³/mol. The molecule has 1 fully saturated rings. The number of hydrogen-bond acceptors (Lipinski definition) is 7. The van der Waals surface area contributed by atoms with Gasteiger partial charge in [-0.15, -0.1) is 0 Å². The number of aliphatic hydroxyl groups excluding tert-OH is 1. The topological polar surface area (TPSA) is 128 Å². The molecule has 11 nitrogen and oxygen atoms in total. The first-order valence-corrected chi connectivity index (χ1v) is 16.9. The maximum absolute atomic E-state index is 14.4. The van der Waals surface area contributed by atoms with Crippen LogP contribution >= 0.6 is 0 Å². The van der Waals surface area contributed by atoms with Gasteiger partial charge in [0.1, 0.15) is 11.5 Å². The van der Waals surface area contributed by atoms with E-state index in [1.165, 1.54) is 12.1 Å². The molecular weight excluding hydrogens is 598 g/mol. The van der Waals surface area contributed by atoms with Crippen molar-refractivity contribution in [2.45, 2.75) is 65.1 Å². The maximum atomic E-state index is 14.4. The van der Waals surface area contributed by atoms with Crippen LogP contribution in [0.2, 0.25) is 0 Å². The Bertz CT molecular complexity index is 1540. The molecule has 0 saturated carbocycles. The van der Waals surface area contributed by atoms with Gasteiger partial charge < -0.3 is 29.3 Å². The van der Waals surface area contributed by atoms with Crippen molar-refractivity contribution in [3.05, 3.63) is 76.6 Å². The lowest BCUT2D eigenvalue weighted by Gasteiger charge is -2.36. The van der Waals surface area contributed by atoms with E-state index in [9.17, 15) is 24.6 Å². The summed E-state index contributed by atoms with van der Waals surface area (Å²) in [7, 11) is 0. The van der Waals surface area contributed by atoms with Crippen molar-refractivity contribution in [2.75, 3.05) is 52.5 Å². The van der Waals surface area contributed by atoms with Gasteiger partial charge in [0.05, 0.1) is 37.0 Å². The normalized spacial score (nSPS) is 16.6. The largest absolute Gasteiger partial charge is 0.478 e. The molecule has 2 N–H and O–H groups in total. The number of carboxylic acid groups (broad SMARTS) is 1. The second-order valence-corrected chi connectivity index (χ2v) is 12.4. The molecule has 1 aromatic heterocycles. The Hall–Kier alpha value is -4.06. The summed E-state index contributed by atoms with van der Waals surface area (Å²) in [5, 5.41) is 20.2. The Morgan fingerprint density at radius 3 is 2.34 bits per heavy atom. The van der Waals surface area contributed by atoms with Gasteiger partial charge in [-0.1, -0.05) is 51.0 Å². The summed E-state index contributed by atoms with van der Waals surface area (Å²) in [4.78, 5) is 51.1. The van der Waals surface area contributed by atoms with Crippen LogP contribution in [0.5, 0.6) is 0 Å². The number of morpholine rings is 1. The van der Waals surface area contributed by atoms with Gasteiger partial charge in [0.2, 0.25) is 0 Å². The fraction of sp³-hybridized carbons (Fsp3) is 0.500. The highest BCUT2D eigenvalue weighted by Crippen LogP contribution is 2.31. The van der Waals surface area contributed by atoms with E-state index in [0.29, 0.717) is 62.9 Å². The second kappa shape index (κ2) is 16.2. The number of ether oxygens (including phenoxy) is 1. The van der Waals surface area contributed by atoms with Gasteiger partial charge in [-0.05, 0) is 48.6 Å². The zero-order valence-corrected chi connectivity index (χ0v) is 27.6. The van der Waals surface area contributed by atoms with Crippen molar-refractivity contribution in [2.24, 2.45) is 0 Å². The smallest absolute Gasteiger partial charge is 0.335 e. The summed E-state index contributed by atoms with van der Waals surface area (Å²) in [6.07, 6.45) is 5.97. The van der Waals surface area contributed by atoms with Gasteiger partial charge in [-0.3, -0.25) is 14.5 Å². The highest BCUT2D eigenvalue weighted by molar-refractivity contribution is 6.03.